The van der Waals surface area contributed by atoms with Crippen molar-refractivity contribution in [1.29, 1.82) is 0 Å². The Hall–Kier alpha value is -3.25. The van der Waals surface area contributed by atoms with Gasteiger partial charge < -0.3 is 14.5 Å². The highest BCUT2D eigenvalue weighted by atomic mass is 32.1. The standard InChI is InChI=1S/C24H24F3N7OS/c1-12-9-33(11-18(35-12)13-8-28-34(10-13)15-4-5-15)23-29-20(19-16(26)6-14(25)7-17(19)27)21-22(30-23)31-24(36-21)32(2)3/h6-8,10,12,15,18H,4-5,9,11H2,1-3H3/t12-,18-/m1/s1. The van der Waals surface area contributed by atoms with Gasteiger partial charge in [-0.2, -0.15) is 15.1 Å². The van der Waals surface area contributed by atoms with Crippen molar-refractivity contribution in [2.75, 3.05) is 37.0 Å². The third-order valence-corrected chi connectivity index (χ3v) is 7.53. The third-order valence-electron chi connectivity index (χ3n) is 6.31. The Morgan fingerprint density at radius 2 is 1.81 bits per heavy atom. The van der Waals surface area contributed by atoms with Gasteiger partial charge in [-0.1, -0.05) is 11.3 Å². The van der Waals surface area contributed by atoms with Crippen LogP contribution < -0.4 is 9.80 Å². The van der Waals surface area contributed by atoms with Gasteiger partial charge in [0.1, 0.15) is 33.9 Å². The molecule has 1 aliphatic heterocycles. The molecule has 8 nitrogen and oxygen atoms in total. The smallest absolute Gasteiger partial charge is 0.228 e. The summed E-state index contributed by atoms with van der Waals surface area (Å²) in [5, 5.41) is 5.09. The largest absolute Gasteiger partial charge is 0.367 e. The number of thiazole rings is 1. The summed E-state index contributed by atoms with van der Waals surface area (Å²) in [7, 11) is 3.64. The van der Waals surface area contributed by atoms with Gasteiger partial charge in [-0.15, -0.1) is 0 Å². The molecule has 2 aliphatic rings. The highest BCUT2D eigenvalue weighted by Gasteiger charge is 2.32. The zero-order valence-electron chi connectivity index (χ0n) is 20.0. The normalized spacial score (nSPS) is 20.3. The van der Waals surface area contributed by atoms with E-state index in [9.17, 15) is 13.2 Å². The molecule has 2 atom stereocenters. The van der Waals surface area contributed by atoms with Crippen LogP contribution in [0.2, 0.25) is 0 Å². The van der Waals surface area contributed by atoms with E-state index in [1.54, 1.807) is 4.90 Å². The van der Waals surface area contributed by atoms with Crippen molar-refractivity contribution in [3.8, 4) is 11.3 Å². The highest BCUT2D eigenvalue weighted by molar-refractivity contribution is 7.22. The van der Waals surface area contributed by atoms with Crippen molar-refractivity contribution in [3.05, 3.63) is 47.5 Å². The van der Waals surface area contributed by atoms with Gasteiger partial charge >= 0.3 is 0 Å². The molecule has 3 aromatic heterocycles. The summed E-state index contributed by atoms with van der Waals surface area (Å²) in [6, 6.07) is 1.77. The molecular formula is C24H24F3N7OS. The first-order chi connectivity index (χ1) is 17.3. The van der Waals surface area contributed by atoms with E-state index in [1.807, 2.05) is 43.0 Å². The molecule has 1 saturated carbocycles. The van der Waals surface area contributed by atoms with Crippen molar-refractivity contribution in [2.24, 2.45) is 0 Å². The maximum absolute atomic E-state index is 14.9. The molecule has 0 spiro atoms. The summed E-state index contributed by atoms with van der Waals surface area (Å²) in [6.45, 7) is 2.87. The zero-order valence-corrected chi connectivity index (χ0v) is 20.8. The Morgan fingerprint density at radius 1 is 1.06 bits per heavy atom. The van der Waals surface area contributed by atoms with Crippen LogP contribution in [0.15, 0.2) is 24.5 Å². The van der Waals surface area contributed by atoms with Gasteiger partial charge in [-0.3, -0.25) is 4.68 Å². The van der Waals surface area contributed by atoms with E-state index in [-0.39, 0.29) is 23.9 Å². The van der Waals surface area contributed by atoms with Crippen LogP contribution >= 0.6 is 11.3 Å². The van der Waals surface area contributed by atoms with Gasteiger partial charge in [0.05, 0.1) is 30.5 Å². The molecule has 36 heavy (non-hydrogen) atoms. The van der Waals surface area contributed by atoms with Crippen LogP contribution in [0.4, 0.5) is 24.3 Å². The summed E-state index contributed by atoms with van der Waals surface area (Å²) in [5.74, 6) is -2.77. The lowest BCUT2D eigenvalue weighted by molar-refractivity contribution is -0.0178. The third kappa shape index (κ3) is 4.17. The van der Waals surface area contributed by atoms with E-state index < -0.39 is 23.0 Å². The second-order valence-corrected chi connectivity index (χ2v) is 10.5. The minimum Gasteiger partial charge on any atom is -0.367 e. The predicted octanol–water partition coefficient (Wildman–Crippen LogP) is 4.73. The Labute approximate surface area is 209 Å². The lowest BCUT2D eigenvalue weighted by Crippen LogP contribution is -2.43. The fourth-order valence-corrected chi connectivity index (χ4v) is 5.35. The van der Waals surface area contributed by atoms with Crippen LogP contribution in [-0.4, -0.2) is 58.0 Å². The highest BCUT2D eigenvalue weighted by Crippen LogP contribution is 2.39. The molecule has 4 heterocycles. The van der Waals surface area contributed by atoms with Crippen LogP contribution in [0.1, 0.15) is 37.5 Å². The fourth-order valence-electron chi connectivity index (χ4n) is 4.43. The molecule has 2 fully saturated rings. The van der Waals surface area contributed by atoms with Gasteiger partial charge in [0.2, 0.25) is 5.95 Å². The van der Waals surface area contributed by atoms with Gasteiger partial charge in [-0.05, 0) is 19.8 Å². The maximum atomic E-state index is 14.9. The first-order valence-corrected chi connectivity index (χ1v) is 12.5. The zero-order chi connectivity index (χ0) is 25.1. The van der Waals surface area contributed by atoms with Crippen molar-refractivity contribution < 1.29 is 17.9 Å². The fraction of sp³-hybridized carbons (Fsp3) is 0.417. The van der Waals surface area contributed by atoms with Crippen molar-refractivity contribution in [3.63, 3.8) is 0 Å². The van der Waals surface area contributed by atoms with E-state index in [2.05, 4.69) is 20.1 Å². The second kappa shape index (κ2) is 8.70. The van der Waals surface area contributed by atoms with Crippen LogP contribution in [0.5, 0.6) is 0 Å². The van der Waals surface area contributed by atoms with Gasteiger partial charge in [0.15, 0.2) is 10.8 Å². The SMILES string of the molecule is C[C@@H]1CN(c2nc(-c3c(F)cc(F)cc3F)c3sc(N(C)C)nc3n2)C[C@H](c2cnn(C3CC3)c2)O1. The molecule has 0 unspecified atom stereocenters. The number of aromatic nitrogens is 5. The Morgan fingerprint density at radius 3 is 2.50 bits per heavy atom. The van der Waals surface area contributed by atoms with Crippen molar-refractivity contribution in [2.45, 2.75) is 38.0 Å². The Kier molecular flexibility index (Phi) is 5.60. The first kappa shape index (κ1) is 23.2. The molecule has 0 amide bonds. The second-order valence-electron chi connectivity index (χ2n) is 9.49. The van der Waals surface area contributed by atoms with Crippen LogP contribution in [0.25, 0.3) is 21.6 Å². The average Bonchev–Trinajstić information content (AvgIpc) is 3.37. The van der Waals surface area contributed by atoms with Crippen LogP contribution in [-0.2, 0) is 4.74 Å². The molecule has 188 valence electrons. The molecule has 4 aromatic rings. The number of ether oxygens (including phenoxy) is 1. The number of halogens is 3. The number of hydrogen-bond donors (Lipinski definition) is 0. The Balaban J connectivity index is 1.44. The van der Waals surface area contributed by atoms with E-state index >= 15 is 0 Å². The van der Waals surface area contributed by atoms with E-state index in [4.69, 9.17) is 4.74 Å². The molecule has 1 aromatic carbocycles. The minimum absolute atomic E-state index is 0.0489. The number of hydrogen-bond acceptors (Lipinski definition) is 8. The number of nitrogens with zero attached hydrogens (tertiary/aromatic N) is 7. The van der Waals surface area contributed by atoms with E-state index in [1.165, 1.54) is 11.3 Å². The quantitative estimate of drug-likeness (QED) is 0.380. The van der Waals surface area contributed by atoms with Crippen molar-refractivity contribution in [1.82, 2.24) is 24.7 Å². The molecule has 1 aliphatic carbocycles. The summed E-state index contributed by atoms with van der Waals surface area (Å²) >= 11 is 1.22. The predicted molar refractivity (Wildman–Crippen MR) is 131 cm³/mol. The minimum atomic E-state index is -1.03. The van der Waals surface area contributed by atoms with Gasteiger partial charge in [-0.25, -0.2) is 18.2 Å². The first-order valence-electron chi connectivity index (χ1n) is 11.7. The topological polar surface area (TPSA) is 72.2 Å². The summed E-state index contributed by atoms with van der Waals surface area (Å²) < 4.78 is 52.0. The lowest BCUT2D eigenvalue weighted by atomic mass is 10.1. The summed E-state index contributed by atoms with van der Waals surface area (Å²) in [6.07, 6.45) is 5.68. The summed E-state index contributed by atoms with van der Waals surface area (Å²) in [5.41, 5.74) is 0.929. The molecule has 0 radical (unpaired) electrons. The molecule has 12 heteroatoms. The average molecular weight is 516 g/mol. The number of benzene rings is 1. The molecule has 1 saturated heterocycles. The number of fused-ring (bicyclic) bond motifs is 1. The molecule has 6 rings (SSSR count). The molecule has 0 N–H and O–H groups in total. The number of anilines is 2. The van der Waals surface area contributed by atoms with Gasteiger partial charge in [0.25, 0.3) is 0 Å². The van der Waals surface area contributed by atoms with E-state index in [0.29, 0.717) is 46.7 Å². The van der Waals surface area contributed by atoms with Crippen LogP contribution in [0, 0.1) is 17.5 Å². The molecular weight excluding hydrogens is 491 g/mol. The lowest BCUT2D eigenvalue weighted by Gasteiger charge is -2.36. The van der Waals surface area contributed by atoms with E-state index in [0.717, 1.165) is 18.4 Å². The Bertz CT molecular complexity index is 1430. The van der Waals surface area contributed by atoms with Gasteiger partial charge in [0, 0.05) is 44.5 Å². The summed E-state index contributed by atoms with van der Waals surface area (Å²) in [4.78, 5) is 17.6. The number of morpholine rings is 1. The number of rotatable bonds is 5. The van der Waals surface area contributed by atoms with Crippen LogP contribution in [0.3, 0.4) is 0 Å². The van der Waals surface area contributed by atoms with Crippen molar-refractivity contribution >= 4 is 32.8 Å². The molecule has 0 bridgehead atoms. The maximum Gasteiger partial charge on any atom is 0.228 e. The monoisotopic (exact) mass is 515 g/mol.